The lowest BCUT2D eigenvalue weighted by atomic mass is 10.1. The standard InChI is InChI=1S/C21H18Cl2N2O3/c22-14-3-1-13(2-4-14)11-19(26)24(16-9-10-16)18-12-20(27)25(21(18)28)17-7-5-15(23)6-8-17/h1-8,16,18H,9-12H2. The minimum Gasteiger partial charge on any atom is -0.327 e. The predicted octanol–water partition coefficient (Wildman–Crippen LogP) is 3.86. The van der Waals surface area contributed by atoms with Crippen LogP contribution in [0.2, 0.25) is 10.0 Å². The van der Waals surface area contributed by atoms with Crippen LogP contribution >= 0.6 is 23.2 Å². The van der Waals surface area contributed by atoms with Crippen LogP contribution in [0.1, 0.15) is 24.8 Å². The number of carbonyl (C=O) groups excluding carboxylic acids is 3. The summed E-state index contributed by atoms with van der Waals surface area (Å²) in [7, 11) is 0. The van der Waals surface area contributed by atoms with Crippen LogP contribution in [0, 0.1) is 0 Å². The average molecular weight is 417 g/mol. The second kappa shape index (κ2) is 7.57. The fourth-order valence-corrected chi connectivity index (χ4v) is 3.80. The summed E-state index contributed by atoms with van der Waals surface area (Å²) in [6.07, 6.45) is 1.88. The molecule has 0 aromatic heterocycles. The van der Waals surface area contributed by atoms with Crippen LogP contribution in [0.5, 0.6) is 0 Å². The fraction of sp³-hybridized carbons (Fsp3) is 0.286. The maximum atomic E-state index is 13.0. The topological polar surface area (TPSA) is 57.7 Å². The van der Waals surface area contributed by atoms with Crippen molar-refractivity contribution in [3.05, 3.63) is 64.1 Å². The van der Waals surface area contributed by atoms with Crippen LogP contribution in [-0.4, -0.2) is 34.7 Å². The van der Waals surface area contributed by atoms with E-state index in [2.05, 4.69) is 0 Å². The van der Waals surface area contributed by atoms with Gasteiger partial charge in [-0.25, -0.2) is 4.90 Å². The van der Waals surface area contributed by atoms with E-state index in [-0.39, 0.29) is 36.6 Å². The van der Waals surface area contributed by atoms with Crippen molar-refractivity contribution in [3.8, 4) is 0 Å². The lowest BCUT2D eigenvalue weighted by Gasteiger charge is -2.27. The summed E-state index contributed by atoms with van der Waals surface area (Å²) in [5.74, 6) is -0.806. The second-order valence-corrected chi connectivity index (χ2v) is 7.97. The Bertz CT molecular complexity index is 924. The van der Waals surface area contributed by atoms with E-state index in [1.54, 1.807) is 53.4 Å². The summed E-state index contributed by atoms with van der Waals surface area (Å²) in [4.78, 5) is 41.4. The van der Waals surface area contributed by atoms with Gasteiger partial charge in [0.1, 0.15) is 6.04 Å². The third-order valence-electron chi connectivity index (χ3n) is 5.04. The number of imide groups is 1. The Balaban J connectivity index is 1.55. The molecule has 1 saturated carbocycles. The minimum absolute atomic E-state index is 0.00428. The highest BCUT2D eigenvalue weighted by Gasteiger charge is 2.48. The molecule has 0 radical (unpaired) electrons. The maximum absolute atomic E-state index is 13.0. The lowest BCUT2D eigenvalue weighted by Crippen LogP contribution is -2.47. The zero-order chi connectivity index (χ0) is 19.8. The van der Waals surface area contributed by atoms with E-state index in [0.29, 0.717) is 15.7 Å². The molecule has 4 rings (SSSR count). The Morgan fingerprint density at radius 2 is 1.54 bits per heavy atom. The first kappa shape index (κ1) is 19.0. The number of hydrogen-bond acceptors (Lipinski definition) is 3. The molecule has 28 heavy (non-hydrogen) atoms. The summed E-state index contributed by atoms with van der Waals surface area (Å²) in [5, 5.41) is 1.13. The molecule has 7 heteroatoms. The summed E-state index contributed by atoms with van der Waals surface area (Å²) in [6, 6.07) is 12.9. The highest BCUT2D eigenvalue weighted by atomic mass is 35.5. The van der Waals surface area contributed by atoms with Crippen molar-refractivity contribution in [2.75, 3.05) is 4.90 Å². The Labute approximate surface area is 172 Å². The SMILES string of the molecule is O=C1CC(N(C(=O)Cc2ccc(Cl)cc2)C2CC2)C(=O)N1c1ccc(Cl)cc1. The summed E-state index contributed by atoms with van der Waals surface area (Å²) < 4.78 is 0. The number of amides is 3. The largest absolute Gasteiger partial charge is 0.327 e. The zero-order valence-corrected chi connectivity index (χ0v) is 16.5. The van der Waals surface area contributed by atoms with Gasteiger partial charge in [0.25, 0.3) is 5.91 Å². The van der Waals surface area contributed by atoms with Crippen molar-refractivity contribution in [3.63, 3.8) is 0 Å². The normalized spacial score (nSPS) is 19.2. The van der Waals surface area contributed by atoms with Gasteiger partial charge in [0.05, 0.1) is 18.5 Å². The van der Waals surface area contributed by atoms with Crippen molar-refractivity contribution in [2.45, 2.75) is 37.8 Å². The van der Waals surface area contributed by atoms with E-state index < -0.39 is 6.04 Å². The fourth-order valence-electron chi connectivity index (χ4n) is 3.55. The van der Waals surface area contributed by atoms with Crippen molar-refractivity contribution in [1.82, 2.24) is 4.90 Å². The highest BCUT2D eigenvalue weighted by Crippen LogP contribution is 2.34. The first-order chi connectivity index (χ1) is 13.4. The van der Waals surface area contributed by atoms with E-state index in [1.165, 1.54) is 0 Å². The van der Waals surface area contributed by atoms with Crippen LogP contribution in [0.3, 0.4) is 0 Å². The molecule has 1 heterocycles. The molecule has 3 amide bonds. The van der Waals surface area contributed by atoms with Gasteiger partial charge in [0.2, 0.25) is 11.8 Å². The second-order valence-electron chi connectivity index (χ2n) is 7.10. The molecule has 144 valence electrons. The smallest absolute Gasteiger partial charge is 0.257 e. The molecule has 0 bridgehead atoms. The molecule has 5 nitrogen and oxygen atoms in total. The molecule has 2 aromatic rings. The van der Waals surface area contributed by atoms with E-state index in [9.17, 15) is 14.4 Å². The van der Waals surface area contributed by atoms with Crippen molar-refractivity contribution >= 4 is 46.6 Å². The van der Waals surface area contributed by atoms with Crippen LogP contribution in [0.4, 0.5) is 5.69 Å². The van der Waals surface area contributed by atoms with Crippen molar-refractivity contribution in [2.24, 2.45) is 0 Å². The van der Waals surface area contributed by atoms with Gasteiger partial charge >= 0.3 is 0 Å². The molecule has 1 atom stereocenters. The molecule has 2 aliphatic rings. The average Bonchev–Trinajstić information content (AvgIpc) is 3.45. The van der Waals surface area contributed by atoms with E-state index in [4.69, 9.17) is 23.2 Å². The quantitative estimate of drug-likeness (QED) is 0.695. The van der Waals surface area contributed by atoms with Gasteiger partial charge in [0, 0.05) is 16.1 Å². The summed E-state index contributed by atoms with van der Waals surface area (Å²) in [5.41, 5.74) is 1.30. The van der Waals surface area contributed by atoms with Gasteiger partial charge in [-0.2, -0.15) is 0 Å². The minimum atomic E-state index is -0.754. The maximum Gasteiger partial charge on any atom is 0.257 e. The number of benzene rings is 2. The predicted molar refractivity (Wildman–Crippen MR) is 107 cm³/mol. The third-order valence-corrected chi connectivity index (χ3v) is 5.54. The number of carbonyl (C=O) groups is 3. The molecule has 1 aliphatic heterocycles. The molecular weight excluding hydrogens is 399 g/mol. The van der Waals surface area contributed by atoms with Gasteiger partial charge in [-0.1, -0.05) is 35.3 Å². The molecule has 0 N–H and O–H groups in total. The molecule has 1 aliphatic carbocycles. The monoisotopic (exact) mass is 416 g/mol. The highest BCUT2D eigenvalue weighted by molar-refractivity contribution is 6.31. The number of rotatable bonds is 5. The number of hydrogen-bond donors (Lipinski definition) is 0. The molecule has 2 aromatic carbocycles. The van der Waals surface area contributed by atoms with Gasteiger partial charge in [-0.15, -0.1) is 0 Å². The van der Waals surface area contributed by atoms with Crippen molar-refractivity contribution in [1.29, 1.82) is 0 Å². The molecule has 0 spiro atoms. The van der Waals surface area contributed by atoms with Gasteiger partial charge in [-0.05, 0) is 54.8 Å². The Hall–Kier alpha value is -2.37. The van der Waals surface area contributed by atoms with E-state index in [0.717, 1.165) is 23.3 Å². The van der Waals surface area contributed by atoms with Crippen LogP contribution in [0.25, 0.3) is 0 Å². The first-order valence-electron chi connectivity index (χ1n) is 9.12. The van der Waals surface area contributed by atoms with Gasteiger partial charge < -0.3 is 4.90 Å². The lowest BCUT2D eigenvalue weighted by molar-refractivity contribution is -0.138. The number of nitrogens with zero attached hydrogens (tertiary/aromatic N) is 2. The molecule has 1 unspecified atom stereocenters. The van der Waals surface area contributed by atoms with Gasteiger partial charge in [-0.3, -0.25) is 14.4 Å². The first-order valence-corrected chi connectivity index (χ1v) is 9.87. The van der Waals surface area contributed by atoms with E-state index >= 15 is 0 Å². The Morgan fingerprint density at radius 3 is 2.11 bits per heavy atom. The molecule has 1 saturated heterocycles. The summed E-state index contributed by atoms with van der Waals surface area (Å²) in [6.45, 7) is 0. The molecular formula is C21H18Cl2N2O3. The van der Waals surface area contributed by atoms with Crippen LogP contribution < -0.4 is 4.90 Å². The van der Waals surface area contributed by atoms with Crippen molar-refractivity contribution < 1.29 is 14.4 Å². The van der Waals surface area contributed by atoms with Crippen LogP contribution in [-0.2, 0) is 20.8 Å². The Morgan fingerprint density at radius 1 is 0.964 bits per heavy atom. The molecule has 2 fully saturated rings. The summed E-state index contributed by atoms with van der Waals surface area (Å²) >= 11 is 11.8. The number of anilines is 1. The van der Waals surface area contributed by atoms with Gasteiger partial charge in [0.15, 0.2) is 0 Å². The Kier molecular flexibility index (Phi) is 5.13. The zero-order valence-electron chi connectivity index (χ0n) is 15.0. The van der Waals surface area contributed by atoms with Crippen LogP contribution in [0.15, 0.2) is 48.5 Å². The van der Waals surface area contributed by atoms with E-state index in [1.807, 2.05) is 0 Å². The third kappa shape index (κ3) is 3.77. The number of halogens is 2.